The van der Waals surface area contributed by atoms with Gasteiger partial charge in [0.2, 0.25) is 5.91 Å². The third-order valence-corrected chi connectivity index (χ3v) is 7.78. The Bertz CT molecular complexity index is 1010. The maximum Gasteiger partial charge on any atom is 0.220 e. The molecule has 0 unspecified atom stereocenters. The number of nitrogens with zero attached hydrogens (tertiary/aromatic N) is 1. The highest BCUT2D eigenvalue weighted by atomic mass is 16.5. The SMILES string of the molecule is COc1ccc(C(=O)CCCCC(=O)N[C@H](CN2CCCC2)[C@@H](O)c2ccc(OCC3CCC3)cc2)cc1. The molecule has 1 aliphatic heterocycles. The molecule has 0 aromatic heterocycles. The first-order valence-corrected chi connectivity index (χ1v) is 14.1. The molecule has 2 N–H and O–H groups in total. The molecule has 1 heterocycles. The first kappa shape index (κ1) is 28.1. The number of rotatable bonds is 15. The number of Topliss-reactive ketones (excluding diaryl/α,β-unsaturated/α-hetero) is 1. The molecule has 0 spiro atoms. The molecule has 2 atom stereocenters. The van der Waals surface area contributed by atoms with Crippen molar-refractivity contribution in [1.29, 1.82) is 0 Å². The average molecular weight is 523 g/mol. The maximum absolute atomic E-state index is 12.8. The van der Waals surface area contributed by atoms with Crippen LogP contribution in [0.2, 0.25) is 0 Å². The Morgan fingerprint density at radius 1 is 0.947 bits per heavy atom. The average Bonchev–Trinajstić information content (AvgIpc) is 3.43. The second-order valence-electron chi connectivity index (χ2n) is 10.7. The van der Waals surface area contributed by atoms with Crippen LogP contribution in [-0.2, 0) is 4.79 Å². The molecule has 2 fully saturated rings. The molecule has 38 heavy (non-hydrogen) atoms. The van der Waals surface area contributed by atoms with Gasteiger partial charge in [0, 0.05) is 24.9 Å². The number of hydrogen-bond acceptors (Lipinski definition) is 6. The standard InChI is InChI=1S/C31H42N2O5/c1-37-26-15-11-24(12-16-26)29(34)9-2-3-10-30(35)32-28(21-33-19-4-5-20-33)31(36)25-13-17-27(18-14-25)38-22-23-7-6-8-23/h11-18,23,28,31,36H,2-10,19-22H2,1H3,(H,32,35)/t28-,31+/m1/s1. The number of ketones is 1. The van der Waals surface area contributed by atoms with Crippen molar-refractivity contribution in [2.75, 3.05) is 33.4 Å². The van der Waals surface area contributed by atoms with Gasteiger partial charge in [-0.15, -0.1) is 0 Å². The zero-order valence-corrected chi connectivity index (χ0v) is 22.6. The van der Waals surface area contributed by atoms with E-state index in [-0.39, 0.29) is 11.7 Å². The molecule has 0 bridgehead atoms. The summed E-state index contributed by atoms with van der Waals surface area (Å²) in [6, 6.07) is 14.3. The van der Waals surface area contributed by atoms with Crippen LogP contribution in [0.25, 0.3) is 0 Å². The topological polar surface area (TPSA) is 88.1 Å². The molecule has 7 nitrogen and oxygen atoms in total. The normalized spacial score (nSPS) is 17.4. The van der Waals surface area contributed by atoms with Crippen LogP contribution >= 0.6 is 0 Å². The van der Waals surface area contributed by atoms with Gasteiger partial charge < -0.3 is 24.8 Å². The van der Waals surface area contributed by atoms with Crippen molar-refractivity contribution in [2.24, 2.45) is 5.92 Å². The first-order valence-electron chi connectivity index (χ1n) is 14.1. The van der Waals surface area contributed by atoms with Gasteiger partial charge in [-0.05, 0) is 99.5 Å². The molecule has 1 saturated heterocycles. The number of methoxy groups -OCH3 is 1. The summed E-state index contributed by atoms with van der Waals surface area (Å²) in [6.45, 7) is 3.34. The van der Waals surface area contributed by atoms with Crippen molar-refractivity contribution in [3.05, 3.63) is 59.7 Å². The molecule has 4 rings (SSSR count). The molecule has 0 radical (unpaired) electrons. The van der Waals surface area contributed by atoms with Crippen molar-refractivity contribution in [3.8, 4) is 11.5 Å². The van der Waals surface area contributed by atoms with E-state index in [0.29, 0.717) is 43.7 Å². The number of aliphatic hydroxyl groups excluding tert-OH is 1. The van der Waals surface area contributed by atoms with Gasteiger partial charge in [-0.25, -0.2) is 0 Å². The van der Waals surface area contributed by atoms with Crippen LogP contribution in [0.15, 0.2) is 48.5 Å². The fraction of sp³-hybridized carbons (Fsp3) is 0.548. The highest BCUT2D eigenvalue weighted by molar-refractivity contribution is 5.96. The second kappa shape index (κ2) is 14.3. The van der Waals surface area contributed by atoms with E-state index in [2.05, 4.69) is 10.2 Å². The van der Waals surface area contributed by atoms with E-state index in [9.17, 15) is 14.7 Å². The number of likely N-dealkylation sites (tertiary alicyclic amines) is 1. The molecule has 7 heteroatoms. The van der Waals surface area contributed by atoms with Gasteiger partial charge in [0.05, 0.1) is 19.8 Å². The minimum Gasteiger partial charge on any atom is -0.497 e. The van der Waals surface area contributed by atoms with Gasteiger partial charge in [0.1, 0.15) is 17.6 Å². The van der Waals surface area contributed by atoms with E-state index < -0.39 is 12.1 Å². The summed E-state index contributed by atoms with van der Waals surface area (Å²) >= 11 is 0. The smallest absolute Gasteiger partial charge is 0.220 e. The molecule has 2 aliphatic rings. The predicted octanol–water partition coefficient (Wildman–Crippen LogP) is 4.93. The van der Waals surface area contributed by atoms with Crippen molar-refractivity contribution < 1.29 is 24.2 Å². The fourth-order valence-corrected chi connectivity index (χ4v) is 5.11. The van der Waals surface area contributed by atoms with Crippen molar-refractivity contribution in [1.82, 2.24) is 10.2 Å². The van der Waals surface area contributed by atoms with Gasteiger partial charge in [-0.2, -0.15) is 0 Å². The number of ether oxygens (including phenoxy) is 2. The molecular weight excluding hydrogens is 480 g/mol. The second-order valence-corrected chi connectivity index (χ2v) is 10.7. The van der Waals surface area contributed by atoms with Crippen LogP contribution < -0.4 is 14.8 Å². The lowest BCUT2D eigenvalue weighted by Gasteiger charge is -2.29. The minimum absolute atomic E-state index is 0.0653. The lowest BCUT2D eigenvalue weighted by Crippen LogP contribution is -2.46. The van der Waals surface area contributed by atoms with Crippen LogP contribution in [0.3, 0.4) is 0 Å². The molecule has 1 saturated carbocycles. The number of aliphatic hydroxyl groups is 1. The van der Waals surface area contributed by atoms with E-state index in [4.69, 9.17) is 9.47 Å². The summed E-state index contributed by atoms with van der Waals surface area (Å²) in [5.74, 6) is 2.18. The molecular formula is C31H42N2O5. The largest absolute Gasteiger partial charge is 0.497 e. The molecule has 1 aliphatic carbocycles. The van der Waals surface area contributed by atoms with Crippen LogP contribution in [0.5, 0.6) is 11.5 Å². The summed E-state index contributed by atoms with van der Waals surface area (Å²) in [5, 5.41) is 14.3. The zero-order chi connectivity index (χ0) is 26.7. The number of amides is 1. The van der Waals surface area contributed by atoms with E-state index in [1.54, 1.807) is 31.4 Å². The summed E-state index contributed by atoms with van der Waals surface area (Å²) in [4.78, 5) is 27.6. The number of unbranched alkanes of at least 4 members (excludes halogenated alkanes) is 1. The number of carbonyl (C=O) groups is 2. The van der Waals surface area contributed by atoms with Crippen molar-refractivity contribution in [3.63, 3.8) is 0 Å². The quantitative estimate of drug-likeness (QED) is 0.255. The lowest BCUT2D eigenvalue weighted by atomic mass is 9.86. The van der Waals surface area contributed by atoms with Crippen LogP contribution in [0.1, 0.15) is 79.8 Å². The summed E-state index contributed by atoms with van der Waals surface area (Å²) in [6.07, 6.45) is 7.25. The van der Waals surface area contributed by atoms with Crippen molar-refractivity contribution in [2.45, 2.75) is 69.9 Å². The van der Waals surface area contributed by atoms with Gasteiger partial charge in [-0.1, -0.05) is 18.6 Å². The number of benzene rings is 2. The van der Waals surface area contributed by atoms with E-state index in [0.717, 1.165) is 49.6 Å². The number of carbonyl (C=O) groups excluding carboxylic acids is 2. The van der Waals surface area contributed by atoms with Gasteiger partial charge in [0.25, 0.3) is 0 Å². The monoisotopic (exact) mass is 522 g/mol. The Morgan fingerprint density at radius 2 is 1.61 bits per heavy atom. The van der Waals surface area contributed by atoms with E-state index in [1.807, 2.05) is 24.3 Å². The molecule has 2 aromatic carbocycles. The van der Waals surface area contributed by atoms with Crippen LogP contribution in [-0.4, -0.2) is 61.1 Å². The first-order chi connectivity index (χ1) is 18.5. The Morgan fingerprint density at radius 3 is 2.24 bits per heavy atom. The van der Waals surface area contributed by atoms with Gasteiger partial charge >= 0.3 is 0 Å². The summed E-state index contributed by atoms with van der Waals surface area (Å²) < 4.78 is 11.0. The van der Waals surface area contributed by atoms with Gasteiger partial charge in [-0.3, -0.25) is 9.59 Å². The fourth-order valence-electron chi connectivity index (χ4n) is 5.11. The number of nitrogens with one attached hydrogen (secondary N) is 1. The maximum atomic E-state index is 12.8. The third kappa shape index (κ3) is 8.30. The Labute approximate surface area is 226 Å². The minimum atomic E-state index is -0.808. The molecule has 206 valence electrons. The predicted molar refractivity (Wildman–Crippen MR) is 148 cm³/mol. The molecule has 2 aromatic rings. The van der Waals surface area contributed by atoms with Crippen LogP contribution in [0.4, 0.5) is 0 Å². The number of hydrogen-bond donors (Lipinski definition) is 2. The van der Waals surface area contributed by atoms with E-state index in [1.165, 1.54) is 19.3 Å². The highest BCUT2D eigenvalue weighted by Gasteiger charge is 2.27. The summed E-state index contributed by atoms with van der Waals surface area (Å²) in [5.41, 5.74) is 1.43. The zero-order valence-electron chi connectivity index (χ0n) is 22.6. The Hall–Kier alpha value is -2.90. The lowest BCUT2D eigenvalue weighted by molar-refractivity contribution is -0.123. The van der Waals surface area contributed by atoms with E-state index >= 15 is 0 Å². The third-order valence-electron chi connectivity index (χ3n) is 7.78. The summed E-state index contributed by atoms with van der Waals surface area (Å²) in [7, 11) is 1.60. The van der Waals surface area contributed by atoms with Crippen molar-refractivity contribution >= 4 is 11.7 Å². The Kier molecular flexibility index (Phi) is 10.6. The van der Waals surface area contributed by atoms with Gasteiger partial charge in [0.15, 0.2) is 5.78 Å². The Balaban J connectivity index is 1.25. The highest BCUT2D eigenvalue weighted by Crippen LogP contribution is 2.28. The molecule has 1 amide bonds. The van der Waals surface area contributed by atoms with Crippen LogP contribution in [0, 0.1) is 5.92 Å².